The van der Waals surface area contributed by atoms with Crippen LogP contribution in [0.25, 0.3) is 0 Å². The van der Waals surface area contributed by atoms with Gasteiger partial charge in [-0.3, -0.25) is 9.59 Å². The van der Waals surface area contributed by atoms with Crippen LogP contribution in [0, 0.1) is 12.7 Å². The van der Waals surface area contributed by atoms with Crippen molar-refractivity contribution in [2.24, 2.45) is 0 Å². The first kappa shape index (κ1) is 20.3. The van der Waals surface area contributed by atoms with Crippen LogP contribution in [0.1, 0.15) is 27.0 Å². The molecule has 5 heteroatoms. The molecule has 0 aliphatic carbocycles. The maximum Gasteiger partial charge on any atom is 0.254 e. The standard InChI is InChI=1S/C24H22FNO3/c1-16-6-2-3-7-18(16)15-23(28)22(14-17-10-12-19(27)13-11-17)26-24(29)20-8-4-5-9-21(20)25/h2-13,22,27H,14-15H2,1H3,(H,26,29). The second-order valence-corrected chi connectivity index (χ2v) is 6.95. The van der Waals surface area contributed by atoms with Crippen molar-refractivity contribution in [3.63, 3.8) is 0 Å². The van der Waals surface area contributed by atoms with Crippen LogP contribution in [0.4, 0.5) is 4.39 Å². The number of aryl methyl sites for hydroxylation is 1. The van der Waals surface area contributed by atoms with Gasteiger partial charge in [0.2, 0.25) is 0 Å². The molecule has 0 aliphatic rings. The zero-order valence-corrected chi connectivity index (χ0v) is 16.1. The summed E-state index contributed by atoms with van der Waals surface area (Å²) < 4.78 is 14.0. The van der Waals surface area contributed by atoms with E-state index in [-0.39, 0.29) is 29.9 Å². The van der Waals surface area contributed by atoms with Gasteiger partial charge in [-0.05, 0) is 54.3 Å². The quantitative estimate of drug-likeness (QED) is 0.640. The first-order valence-corrected chi connectivity index (χ1v) is 9.34. The third-order valence-electron chi connectivity index (χ3n) is 4.81. The monoisotopic (exact) mass is 391 g/mol. The van der Waals surface area contributed by atoms with Gasteiger partial charge < -0.3 is 10.4 Å². The zero-order valence-electron chi connectivity index (χ0n) is 16.1. The van der Waals surface area contributed by atoms with E-state index < -0.39 is 17.8 Å². The van der Waals surface area contributed by atoms with E-state index in [4.69, 9.17) is 0 Å². The van der Waals surface area contributed by atoms with Crippen molar-refractivity contribution in [3.05, 3.63) is 101 Å². The van der Waals surface area contributed by atoms with Gasteiger partial charge in [0, 0.05) is 6.42 Å². The molecule has 3 rings (SSSR count). The molecule has 0 aromatic heterocycles. The van der Waals surface area contributed by atoms with Crippen LogP contribution in [-0.2, 0) is 17.6 Å². The van der Waals surface area contributed by atoms with Gasteiger partial charge in [0.1, 0.15) is 11.6 Å². The number of hydrogen-bond acceptors (Lipinski definition) is 3. The molecular formula is C24H22FNO3. The summed E-state index contributed by atoms with van der Waals surface area (Å²) in [4.78, 5) is 25.6. The molecule has 4 nitrogen and oxygen atoms in total. The minimum absolute atomic E-state index is 0.105. The molecule has 0 spiro atoms. The van der Waals surface area contributed by atoms with E-state index in [0.29, 0.717) is 0 Å². The Hall–Kier alpha value is -3.47. The van der Waals surface area contributed by atoms with Gasteiger partial charge in [0.05, 0.1) is 11.6 Å². The van der Waals surface area contributed by atoms with Crippen molar-refractivity contribution in [2.45, 2.75) is 25.8 Å². The molecule has 3 aromatic carbocycles. The molecule has 29 heavy (non-hydrogen) atoms. The summed E-state index contributed by atoms with van der Waals surface area (Å²) in [5, 5.41) is 12.2. The number of halogens is 1. The molecule has 1 amide bonds. The number of phenols is 1. The normalized spacial score (nSPS) is 11.7. The second kappa shape index (κ2) is 9.15. The molecule has 0 bridgehead atoms. The van der Waals surface area contributed by atoms with Gasteiger partial charge in [-0.15, -0.1) is 0 Å². The number of Topliss-reactive ketones (excluding diaryl/α,β-unsaturated/α-hetero) is 1. The van der Waals surface area contributed by atoms with E-state index in [9.17, 15) is 19.1 Å². The van der Waals surface area contributed by atoms with Crippen molar-refractivity contribution < 1.29 is 19.1 Å². The summed E-state index contributed by atoms with van der Waals surface area (Å²) in [6.07, 6.45) is 0.401. The predicted molar refractivity (Wildman–Crippen MR) is 109 cm³/mol. The maximum absolute atomic E-state index is 14.0. The Morgan fingerprint density at radius 1 is 0.966 bits per heavy atom. The van der Waals surface area contributed by atoms with Crippen LogP contribution in [0.3, 0.4) is 0 Å². The third-order valence-corrected chi connectivity index (χ3v) is 4.81. The Morgan fingerprint density at radius 2 is 1.62 bits per heavy atom. The molecule has 0 saturated carbocycles. The number of hydrogen-bond donors (Lipinski definition) is 2. The fraction of sp³-hybridized carbons (Fsp3) is 0.167. The number of carbonyl (C=O) groups excluding carboxylic acids is 2. The summed E-state index contributed by atoms with van der Waals surface area (Å²) in [6.45, 7) is 1.93. The Bertz CT molecular complexity index is 1010. The smallest absolute Gasteiger partial charge is 0.254 e. The highest BCUT2D eigenvalue weighted by Gasteiger charge is 2.23. The van der Waals surface area contributed by atoms with E-state index in [1.807, 2.05) is 31.2 Å². The summed E-state index contributed by atoms with van der Waals surface area (Å²) in [7, 11) is 0. The fourth-order valence-corrected chi connectivity index (χ4v) is 3.11. The van der Waals surface area contributed by atoms with Crippen LogP contribution in [-0.4, -0.2) is 22.8 Å². The average molecular weight is 391 g/mol. The van der Waals surface area contributed by atoms with Gasteiger partial charge >= 0.3 is 0 Å². The SMILES string of the molecule is Cc1ccccc1CC(=O)C(Cc1ccc(O)cc1)NC(=O)c1ccccc1F. The number of phenolic OH excluding ortho intramolecular Hbond substituents is 1. The number of nitrogens with one attached hydrogen (secondary N) is 1. The van der Waals surface area contributed by atoms with Crippen LogP contribution in [0.5, 0.6) is 5.75 Å². The number of aromatic hydroxyl groups is 1. The Kier molecular flexibility index (Phi) is 6.39. The summed E-state index contributed by atoms with van der Waals surface area (Å²) in [6, 6.07) is 18.8. The molecular weight excluding hydrogens is 369 g/mol. The van der Waals surface area contributed by atoms with Crippen LogP contribution in [0.2, 0.25) is 0 Å². The topological polar surface area (TPSA) is 66.4 Å². The molecule has 0 aliphatic heterocycles. The lowest BCUT2D eigenvalue weighted by atomic mass is 9.95. The largest absolute Gasteiger partial charge is 0.508 e. The molecule has 0 saturated heterocycles. The van der Waals surface area contributed by atoms with Crippen LogP contribution in [0.15, 0.2) is 72.8 Å². The summed E-state index contributed by atoms with van der Waals surface area (Å²) >= 11 is 0. The lowest BCUT2D eigenvalue weighted by molar-refractivity contribution is -0.120. The zero-order chi connectivity index (χ0) is 20.8. The van der Waals surface area contributed by atoms with Gasteiger partial charge in [-0.2, -0.15) is 0 Å². The highest BCUT2D eigenvalue weighted by atomic mass is 19.1. The van der Waals surface area contributed by atoms with Gasteiger partial charge in [-0.25, -0.2) is 4.39 Å². The maximum atomic E-state index is 14.0. The molecule has 3 aromatic rings. The number of carbonyl (C=O) groups is 2. The Morgan fingerprint density at radius 3 is 2.31 bits per heavy atom. The number of amides is 1. The first-order valence-electron chi connectivity index (χ1n) is 9.34. The highest BCUT2D eigenvalue weighted by molar-refractivity contribution is 5.98. The lowest BCUT2D eigenvalue weighted by Crippen LogP contribution is -2.43. The third kappa shape index (κ3) is 5.29. The molecule has 2 N–H and O–H groups in total. The molecule has 1 atom stereocenters. The highest BCUT2D eigenvalue weighted by Crippen LogP contribution is 2.15. The van der Waals surface area contributed by atoms with Crippen molar-refractivity contribution >= 4 is 11.7 Å². The molecule has 0 fully saturated rings. The number of ketones is 1. The van der Waals surface area contributed by atoms with Gasteiger partial charge in [-0.1, -0.05) is 48.5 Å². The number of rotatable bonds is 7. The van der Waals surface area contributed by atoms with E-state index in [0.717, 1.165) is 16.7 Å². The molecule has 0 radical (unpaired) electrons. The van der Waals surface area contributed by atoms with Gasteiger partial charge in [0.25, 0.3) is 5.91 Å². The van der Waals surface area contributed by atoms with Crippen molar-refractivity contribution in [2.75, 3.05) is 0 Å². The summed E-state index contributed by atoms with van der Waals surface area (Å²) in [5.41, 5.74) is 2.55. The fourth-order valence-electron chi connectivity index (χ4n) is 3.11. The second-order valence-electron chi connectivity index (χ2n) is 6.95. The van der Waals surface area contributed by atoms with Crippen molar-refractivity contribution in [3.8, 4) is 5.75 Å². The average Bonchev–Trinajstić information content (AvgIpc) is 2.71. The van der Waals surface area contributed by atoms with Crippen molar-refractivity contribution in [1.29, 1.82) is 0 Å². The first-order chi connectivity index (χ1) is 13.9. The minimum Gasteiger partial charge on any atom is -0.508 e. The van der Waals surface area contributed by atoms with E-state index in [1.165, 1.54) is 30.3 Å². The predicted octanol–water partition coefficient (Wildman–Crippen LogP) is 3.99. The Balaban J connectivity index is 1.83. The van der Waals surface area contributed by atoms with Crippen LogP contribution < -0.4 is 5.32 Å². The molecule has 148 valence electrons. The Labute approximate surface area is 169 Å². The molecule has 0 heterocycles. The van der Waals surface area contributed by atoms with E-state index in [2.05, 4.69) is 5.32 Å². The van der Waals surface area contributed by atoms with E-state index in [1.54, 1.807) is 18.2 Å². The van der Waals surface area contributed by atoms with Crippen molar-refractivity contribution in [1.82, 2.24) is 5.32 Å². The van der Waals surface area contributed by atoms with Crippen LogP contribution >= 0.6 is 0 Å². The molecule has 1 unspecified atom stereocenters. The van der Waals surface area contributed by atoms with E-state index >= 15 is 0 Å². The minimum atomic E-state index is -0.828. The van der Waals surface area contributed by atoms with Gasteiger partial charge in [0.15, 0.2) is 5.78 Å². The lowest BCUT2D eigenvalue weighted by Gasteiger charge is -2.19. The number of benzene rings is 3. The summed E-state index contributed by atoms with van der Waals surface area (Å²) in [5.74, 6) is -1.33.